The summed E-state index contributed by atoms with van der Waals surface area (Å²) in [6, 6.07) is 5.25. The Morgan fingerprint density at radius 3 is 2.56 bits per heavy atom. The van der Waals surface area contributed by atoms with Crippen molar-refractivity contribution < 1.29 is 19.4 Å². The molecule has 18 heavy (non-hydrogen) atoms. The summed E-state index contributed by atoms with van der Waals surface area (Å²) in [5.41, 5.74) is 0. The zero-order chi connectivity index (χ0) is 13.7. The monoisotopic (exact) mass is 316 g/mol. The minimum atomic E-state index is -0.977. The number of aliphatic carboxylic acids is 1. The maximum absolute atomic E-state index is 11.1. The topological polar surface area (TPSA) is 55.8 Å². The van der Waals surface area contributed by atoms with Gasteiger partial charge < -0.3 is 14.6 Å². The van der Waals surface area contributed by atoms with Crippen molar-refractivity contribution in [2.45, 2.75) is 26.9 Å². The molecule has 100 valence electrons. The first-order valence-corrected chi connectivity index (χ1v) is 6.56. The predicted octanol–water partition coefficient (Wildman–Crippen LogP) is 3.34. The van der Waals surface area contributed by atoms with Gasteiger partial charge >= 0.3 is 5.97 Å². The van der Waals surface area contributed by atoms with Crippen molar-refractivity contribution in [2.75, 3.05) is 6.61 Å². The number of benzene rings is 1. The lowest BCUT2D eigenvalue weighted by molar-refractivity contribution is -0.147. The summed E-state index contributed by atoms with van der Waals surface area (Å²) in [6.07, 6.45) is -0.884. The highest BCUT2D eigenvalue weighted by Gasteiger charge is 2.24. The van der Waals surface area contributed by atoms with Crippen LogP contribution in [0.15, 0.2) is 22.7 Å². The molecule has 1 unspecified atom stereocenters. The van der Waals surface area contributed by atoms with Gasteiger partial charge in [0.15, 0.2) is 17.6 Å². The second-order valence-corrected chi connectivity index (χ2v) is 5.06. The summed E-state index contributed by atoms with van der Waals surface area (Å²) in [5.74, 6) is -0.115. The lowest BCUT2D eigenvalue weighted by Crippen LogP contribution is -2.32. The molecule has 1 aromatic carbocycles. The van der Waals surface area contributed by atoms with Crippen LogP contribution in [0.5, 0.6) is 11.5 Å². The molecule has 0 aromatic heterocycles. The third-order valence-electron chi connectivity index (χ3n) is 2.31. The van der Waals surface area contributed by atoms with Gasteiger partial charge in [0, 0.05) is 10.4 Å². The van der Waals surface area contributed by atoms with Crippen LogP contribution in [0.1, 0.15) is 20.8 Å². The summed E-state index contributed by atoms with van der Waals surface area (Å²) < 4.78 is 11.8. The predicted molar refractivity (Wildman–Crippen MR) is 72.2 cm³/mol. The van der Waals surface area contributed by atoms with Crippen molar-refractivity contribution in [1.29, 1.82) is 0 Å². The third-order valence-corrected chi connectivity index (χ3v) is 2.80. The fourth-order valence-corrected chi connectivity index (χ4v) is 1.80. The summed E-state index contributed by atoms with van der Waals surface area (Å²) >= 11 is 3.34. The zero-order valence-electron chi connectivity index (χ0n) is 10.6. The van der Waals surface area contributed by atoms with Crippen LogP contribution >= 0.6 is 15.9 Å². The number of hydrogen-bond donors (Lipinski definition) is 1. The Hall–Kier alpha value is -1.23. The lowest BCUT2D eigenvalue weighted by atomic mass is 10.1. The highest BCUT2D eigenvalue weighted by atomic mass is 79.9. The molecule has 1 rings (SSSR count). The van der Waals surface area contributed by atoms with Gasteiger partial charge in [0.25, 0.3) is 0 Å². The Kier molecular flexibility index (Phi) is 5.47. The van der Waals surface area contributed by atoms with Gasteiger partial charge in [-0.25, -0.2) is 4.79 Å². The molecule has 5 heteroatoms. The van der Waals surface area contributed by atoms with Crippen LogP contribution in [0.4, 0.5) is 0 Å². The number of rotatable bonds is 6. The first kappa shape index (κ1) is 14.8. The Labute approximate surface area is 115 Å². The second kappa shape index (κ2) is 6.64. The van der Waals surface area contributed by atoms with E-state index in [1.165, 1.54) is 0 Å². The van der Waals surface area contributed by atoms with E-state index in [1.807, 2.05) is 6.92 Å². The van der Waals surface area contributed by atoms with E-state index in [0.717, 1.165) is 4.47 Å². The van der Waals surface area contributed by atoms with E-state index in [0.29, 0.717) is 18.1 Å². The number of carboxylic acid groups (broad SMARTS) is 1. The Bertz CT molecular complexity index is 417. The van der Waals surface area contributed by atoms with E-state index >= 15 is 0 Å². The largest absolute Gasteiger partial charge is 0.490 e. The second-order valence-electron chi connectivity index (χ2n) is 4.14. The first-order chi connectivity index (χ1) is 8.45. The van der Waals surface area contributed by atoms with Crippen molar-refractivity contribution in [1.82, 2.24) is 0 Å². The van der Waals surface area contributed by atoms with Gasteiger partial charge in [-0.15, -0.1) is 0 Å². The third kappa shape index (κ3) is 3.91. The summed E-state index contributed by atoms with van der Waals surface area (Å²) in [4.78, 5) is 11.1. The zero-order valence-corrected chi connectivity index (χ0v) is 12.2. The summed E-state index contributed by atoms with van der Waals surface area (Å²) in [5, 5.41) is 9.11. The highest BCUT2D eigenvalue weighted by molar-refractivity contribution is 9.10. The Morgan fingerprint density at radius 1 is 1.39 bits per heavy atom. The molecule has 0 aliphatic carbocycles. The average Bonchev–Trinajstić information content (AvgIpc) is 2.27. The molecule has 0 aliphatic rings. The molecule has 0 amide bonds. The standard InChI is InChI=1S/C13H17BrO4/c1-4-17-11-7-9(14)5-6-10(11)18-12(8(2)3)13(15)16/h5-8,12H,4H2,1-3H3,(H,15,16). The fraction of sp³-hybridized carbons (Fsp3) is 0.462. The van der Waals surface area contributed by atoms with Crippen molar-refractivity contribution in [3.8, 4) is 11.5 Å². The molecule has 0 aliphatic heterocycles. The molecule has 0 bridgehead atoms. The Balaban J connectivity index is 2.97. The molecule has 1 atom stereocenters. The summed E-state index contributed by atoms with van der Waals surface area (Å²) in [6.45, 7) is 5.96. The van der Waals surface area contributed by atoms with Gasteiger partial charge in [-0.05, 0) is 25.1 Å². The van der Waals surface area contributed by atoms with Crippen LogP contribution in [0.3, 0.4) is 0 Å². The summed E-state index contributed by atoms with van der Waals surface area (Å²) in [7, 11) is 0. The maximum Gasteiger partial charge on any atom is 0.345 e. The van der Waals surface area contributed by atoms with E-state index < -0.39 is 12.1 Å². The molecule has 1 aromatic rings. The molecular formula is C13H17BrO4. The fourth-order valence-electron chi connectivity index (χ4n) is 1.46. The van der Waals surface area contributed by atoms with E-state index in [9.17, 15) is 4.79 Å². The highest BCUT2D eigenvalue weighted by Crippen LogP contribution is 2.32. The molecule has 0 fully saturated rings. The van der Waals surface area contributed by atoms with Gasteiger partial charge in [-0.3, -0.25) is 0 Å². The number of hydrogen-bond acceptors (Lipinski definition) is 3. The smallest absolute Gasteiger partial charge is 0.345 e. The van der Waals surface area contributed by atoms with Gasteiger partial charge in [-0.1, -0.05) is 29.8 Å². The number of carbonyl (C=O) groups is 1. The number of halogens is 1. The van der Waals surface area contributed by atoms with Crippen LogP contribution in [0.25, 0.3) is 0 Å². The van der Waals surface area contributed by atoms with Gasteiger partial charge in [0.1, 0.15) is 0 Å². The molecule has 4 nitrogen and oxygen atoms in total. The maximum atomic E-state index is 11.1. The van der Waals surface area contributed by atoms with Crippen molar-refractivity contribution in [2.24, 2.45) is 5.92 Å². The molecule has 0 radical (unpaired) electrons. The molecule has 1 N–H and O–H groups in total. The SMILES string of the molecule is CCOc1cc(Br)ccc1OC(C(=O)O)C(C)C. The molecular weight excluding hydrogens is 300 g/mol. The van der Waals surface area contributed by atoms with Crippen LogP contribution < -0.4 is 9.47 Å². The van der Waals surface area contributed by atoms with E-state index in [1.54, 1.807) is 32.0 Å². The van der Waals surface area contributed by atoms with Crippen molar-refractivity contribution >= 4 is 21.9 Å². The molecule has 0 saturated heterocycles. The van der Waals surface area contributed by atoms with Gasteiger partial charge in [0.05, 0.1) is 6.61 Å². The Morgan fingerprint density at radius 2 is 2.06 bits per heavy atom. The number of ether oxygens (including phenoxy) is 2. The van der Waals surface area contributed by atoms with E-state index in [2.05, 4.69) is 15.9 Å². The lowest BCUT2D eigenvalue weighted by Gasteiger charge is -2.20. The van der Waals surface area contributed by atoms with Crippen LogP contribution in [0.2, 0.25) is 0 Å². The molecule has 0 heterocycles. The van der Waals surface area contributed by atoms with Crippen LogP contribution in [-0.2, 0) is 4.79 Å². The van der Waals surface area contributed by atoms with Crippen molar-refractivity contribution in [3.05, 3.63) is 22.7 Å². The van der Waals surface area contributed by atoms with E-state index in [-0.39, 0.29) is 5.92 Å². The van der Waals surface area contributed by atoms with Crippen LogP contribution in [0, 0.1) is 5.92 Å². The van der Waals surface area contributed by atoms with E-state index in [4.69, 9.17) is 14.6 Å². The minimum absolute atomic E-state index is 0.124. The van der Waals surface area contributed by atoms with Gasteiger partial charge in [-0.2, -0.15) is 0 Å². The van der Waals surface area contributed by atoms with Crippen LogP contribution in [-0.4, -0.2) is 23.8 Å². The quantitative estimate of drug-likeness (QED) is 0.874. The molecule has 0 spiro atoms. The molecule has 0 saturated carbocycles. The number of carboxylic acids is 1. The normalized spacial score (nSPS) is 12.3. The average molecular weight is 317 g/mol. The first-order valence-electron chi connectivity index (χ1n) is 5.77. The minimum Gasteiger partial charge on any atom is -0.490 e. The van der Waals surface area contributed by atoms with Gasteiger partial charge in [0.2, 0.25) is 0 Å². The van der Waals surface area contributed by atoms with Crippen molar-refractivity contribution in [3.63, 3.8) is 0 Å².